The van der Waals surface area contributed by atoms with Gasteiger partial charge in [0.2, 0.25) is 0 Å². The minimum absolute atomic E-state index is 0.0759. The zero-order valence-corrected chi connectivity index (χ0v) is 13.9. The molecule has 0 aromatic heterocycles. The highest BCUT2D eigenvalue weighted by atomic mass is 35.5. The lowest BCUT2D eigenvalue weighted by atomic mass is 10.3. The smallest absolute Gasteiger partial charge is 0.411 e. The lowest BCUT2D eigenvalue weighted by molar-refractivity contribution is 0.110. The summed E-state index contributed by atoms with van der Waals surface area (Å²) in [5.74, 6) is 0. The van der Waals surface area contributed by atoms with Crippen LogP contribution in [-0.2, 0) is 9.47 Å². The molecule has 0 saturated heterocycles. The Morgan fingerprint density at radius 2 is 1.04 bits per heavy atom. The third-order valence-electron chi connectivity index (χ3n) is 2.73. The summed E-state index contributed by atoms with van der Waals surface area (Å²) in [6, 6.07) is 13.1. The van der Waals surface area contributed by atoms with Crippen molar-refractivity contribution in [2.24, 2.45) is 0 Å². The first-order valence-corrected chi connectivity index (χ1v) is 7.67. The van der Waals surface area contributed by atoms with Gasteiger partial charge in [0.15, 0.2) is 0 Å². The van der Waals surface area contributed by atoms with Crippen molar-refractivity contribution in [3.05, 3.63) is 58.6 Å². The standard InChI is InChI=1S/C16H14Cl2N2O4/c17-11-1-5-13(6-2-11)19-15(21)23-9-10-24-16(22)20-14-7-3-12(18)4-8-14/h1-8H,9-10H2,(H,19,21)(H,20,22). The van der Waals surface area contributed by atoms with Gasteiger partial charge in [0.05, 0.1) is 0 Å². The summed E-state index contributed by atoms with van der Waals surface area (Å²) in [7, 11) is 0. The molecule has 0 spiro atoms. The highest BCUT2D eigenvalue weighted by Gasteiger charge is 2.06. The van der Waals surface area contributed by atoms with E-state index in [0.717, 1.165) is 0 Å². The summed E-state index contributed by atoms with van der Waals surface area (Å²) in [6.45, 7) is -0.152. The van der Waals surface area contributed by atoms with Crippen LogP contribution in [0.15, 0.2) is 48.5 Å². The molecule has 8 heteroatoms. The van der Waals surface area contributed by atoms with Crippen molar-refractivity contribution in [1.82, 2.24) is 0 Å². The number of rotatable bonds is 5. The largest absolute Gasteiger partial charge is 0.446 e. The van der Waals surface area contributed by atoms with Crippen molar-refractivity contribution in [3.63, 3.8) is 0 Å². The Labute approximate surface area is 148 Å². The van der Waals surface area contributed by atoms with Gasteiger partial charge in [-0.3, -0.25) is 10.6 Å². The van der Waals surface area contributed by atoms with Gasteiger partial charge in [-0.2, -0.15) is 0 Å². The van der Waals surface area contributed by atoms with Gasteiger partial charge in [-0.05, 0) is 48.5 Å². The molecule has 0 bridgehead atoms. The topological polar surface area (TPSA) is 76.7 Å². The zero-order chi connectivity index (χ0) is 17.4. The molecule has 0 aliphatic carbocycles. The monoisotopic (exact) mass is 368 g/mol. The van der Waals surface area contributed by atoms with Gasteiger partial charge in [0.1, 0.15) is 13.2 Å². The van der Waals surface area contributed by atoms with Crippen LogP contribution in [0.3, 0.4) is 0 Å². The van der Waals surface area contributed by atoms with E-state index < -0.39 is 12.2 Å². The Morgan fingerprint density at radius 3 is 1.38 bits per heavy atom. The summed E-state index contributed by atoms with van der Waals surface area (Å²) < 4.78 is 9.77. The van der Waals surface area contributed by atoms with Crippen LogP contribution in [0.25, 0.3) is 0 Å². The molecule has 2 N–H and O–H groups in total. The average Bonchev–Trinajstić information content (AvgIpc) is 2.56. The quantitative estimate of drug-likeness (QED) is 0.743. The minimum atomic E-state index is -0.654. The fourth-order valence-electron chi connectivity index (χ4n) is 1.64. The fraction of sp³-hybridized carbons (Fsp3) is 0.125. The molecule has 0 saturated carbocycles. The van der Waals surface area contributed by atoms with E-state index in [2.05, 4.69) is 10.6 Å². The highest BCUT2D eigenvalue weighted by Crippen LogP contribution is 2.14. The fourth-order valence-corrected chi connectivity index (χ4v) is 1.90. The second-order valence-corrected chi connectivity index (χ2v) is 5.41. The first-order chi connectivity index (χ1) is 11.5. The van der Waals surface area contributed by atoms with Crippen LogP contribution in [0.5, 0.6) is 0 Å². The van der Waals surface area contributed by atoms with Crippen molar-refractivity contribution in [1.29, 1.82) is 0 Å². The number of hydrogen-bond acceptors (Lipinski definition) is 4. The SMILES string of the molecule is O=C(Nc1ccc(Cl)cc1)OCCOC(=O)Nc1ccc(Cl)cc1. The average molecular weight is 369 g/mol. The van der Waals surface area contributed by atoms with Gasteiger partial charge in [0.25, 0.3) is 0 Å². The molecule has 2 amide bonds. The first kappa shape index (κ1) is 17.9. The van der Waals surface area contributed by atoms with Gasteiger partial charge in [-0.25, -0.2) is 9.59 Å². The molecule has 2 aromatic carbocycles. The highest BCUT2D eigenvalue weighted by molar-refractivity contribution is 6.30. The summed E-state index contributed by atoms with van der Waals surface area (Å²) in [6.07, 6.45) is -1.31. The van der Waals surface area contributed by atoms with Crippen LogP contribution in [0, 0.1) is 0 Å². The summed E-state index contributed by atoms with van der Waals surface area (Å²) >= 11 is 11.5. The van der Waals surface area contributed by atoms with Crippen molar-refractivity contribution in [2.45, 2.75) is 0 Å². The molecule has 0 aliphatic rings. The maximum Gasteiger partial charge on any atom is 0.411 e. The number of benzene rings is 2. The molecule has 0 radical (unpaired) electrons. The number of carbonyl (C=O) groups excluding carboxylic acids is 2. The minimum Gasteiger partial charge on any atom is -0.446 e. The van der Waals surface area contributed by atoms with Gasteiger partial charge >= 0.3 is 12.2 Å². The van der Waals surface area contributed by atoms with Crippen LogP contribution >= 0.6 is 23.2 Å². The molecule has 0 aliphatic heterocycles. The second kappa shape index (κ2) is 9.00. The lowest BCUT2D eigenvalue weighted by Crippen LogP contribution is -2.20. The molecule has 2 rings (SSSR count). The van der Waals surface area contributed by atoms with E-state index in [0.29, 0.717) is 21.4 Å². The van der Waals surface area contributed by atoms with E-state index in [4.69, 9.17) is 32.7 Å². The molecular weight excluding hydrogens is 355 g/mol. The first-order valence-electron chi connectivity index (χ1n) is 6.91. The molecule has 0 fully saturated rings. The molecule has 0 atom stereocenters. The van der Waals surface area contributed by atoms with Crippen LogP contribution in [0.2, 0.25) is 10.0 Å². The van der Waals surface area contributed by atoms with Gasteiger partial charge in [-0.15, -0.1) is 0 Å². The number of anilines is 2. The molecule has 0 unspecified atom stereocenters. The number of halogens is 2. The van der Waals surface area contributed by atoms with Crippen LogP contribution in [-0.4, -0.2) is 25.4 Å². The van der Waals surface area contributed by atoms with E-state index in [1.165, 1.54) is 0 Å². The number of nitrogens with one attached hydrogen (secondary N) is 2. The molecule has 24 heavy (non-hydrogen) atoms. The second-order valence-electron chi connectivity index (χ2n) is 4.54. The summed E-state index contributed by atoms with van der Waals surface area (Å²) in [5, 5.41) is 6.16. The van der Waals surface area contributed by atoms with Crippen LogP contribution < -0.4 is 10.6 Å². The third-order valence-corrected chi connectivity index (χ3v) is 3.23. The molecule has 6 nitrogen and oxygen atoms in total. The Kier molecular flexibility index (Phi) is 6.72. The predicted molar refractivity (Wildman–Crippen MR) is 92.8 cm³/mol. The van der Waals surface area contributed by atoms with Crippen LogP contribution in [0.4, 0.5) is 21.0 Å². The van der Waals surface area contributed by atoms with E-state index in [1.54, 1.807) is 48.5 Å². The number of hydrogen-bond donors (Lipinski definition) is 2. The van der Waals surface area contributed by atoms with E-state index in [1.807, 2.05) is 0 Å². The Hall–Kier alpha value is -2.44. The maximum absolute atomic E-state index is 11.5. The van der Waals surface area contributed by atoms with Gasteiger partial charge in [0, 0.05) is 21.4 Å². The number of carbonyl (C=O) groups is 2. The molecule has 0 heterocycles. The number of amides is 2. The Balaban J connectivity index is 1.63. The van der Waals surface area contributed by atoms with Crippen molar-refractivity contribution in [2.75, 3.05) is 23.8 Å². The van der Waals surface area contributed by atoms with E-state index in [9.17, 15) is 9.59 Å². The summed E-state index contributed by atoms with van der Waals surface area (Å²) in [5.41, 5.74) is 1.09. The van der Waals surface area contributed by atoms with Crippen molar-refractivity contribution in [3.8, 4) is 0 Å². The van der Waals surface area contributed by atoms with Gasteiger partial charge < -0.3 is 9.47 Å². The number of ether oxygens (including phenoxy) is 2. The van der Waals surface area contributed by atoms with Crippen LogP contribution in [0.1, 0.15) is 0 Å². The van der Waals surface area contributed by atoms with E-state index >= 15 is 0 Å². The predicted octanol–water partition coefficient (Wildman–Crippen LogP) is 4.79. The Bertz CT molecular complexity index is 629. The third kappa shape index (κ3) is 6.36. The normalized spacial score (nSPS) is 9.92. The molecular formula is C16H14Cl2N2O4. The Morgan fingerprint density at radius 1 is 0.708 bits per heavy atom. The van der Waals surface area contributed by atoms with Gasteiger partial charge in [-0.1, -0.05) is 23.2 Å². The summed E-state index contributed by atoms with van der Waals surface area (Å²) in [4.78, 5) is 23.1. The van der Waals surface area contributed by atoms with Crippen molar-refractivity contribution >= 4 is 46.8 Å². The van der Waals surface area contributed by atoms with E-state index in [-0.39, 0.29) is 13.2 Å². The van der Waals surface area contributed by atoms with Crippen molar-refractivity contribution < 1.29 is 19.1 Å². The molecule has 2 aromatic rings. The molecule has 126 valence electrons. The zero-order valence-electron chi connectivity index (χ0n) is 12.4. The lowest BCUT2D eigenvalue weighted by Gasteiger charge is -2.09. The maximum atomic E-state index is 11.5.